The molecule has 0 saturated heterocycles. The Hall–Kier alpha value is 0.430. The van der Waals surface area contributed by atoms with E-state index in [1.165, 1.54) is 17.7 Å². The summed E-state index contributed by atoms with van der Waals surface area (Å²) in [4.78, 5) is 1.38. The molecule has 0 aliphatic rings. The van der Waals surface area contributed by atoms with Gasteiger partial charge in [0.25, 0.3) is 0 Å². The highest BCUT2D eigenvalue weighted by Gasteiger charge is 2.18. The molecule has 4 heteroatoms. The Balaban J connectivity index is 2.29. The number of hydrogen-bond acceptors (Lipinski definition) is 2. The molecule has 0 spiro atoms. The van der Waals surface area contributed by atoms with Crippen LogP contribution in [0.4, 0.5) is 0 Å². The molecule has 0 aromatic carbocycles. The van der Waals surface area contributed by atoms with Crippen LogP contribution in [0.15, 0.2) is 9.85 Å². The van der Waals surface area contributed by atoms with Gasteiger partial charge < -0.3 is 5.32 Å². The van der Waals surface area contributed by atoms with Crippen LogP contribution in [-0.2, 0) is 6.42 Å². The molecule has 0 bridgehead atoms. The van der Waals surface area contributed by atoms with Crippen LogP contribution in [0.2, 0.25) is 5.02 Å². The van der Waals surface area contributed by atoms with Crippen molar-refractivity contribution in [1.29, 1.82) is 0 Å². The minimum Gasteiger partial charge on any atom is -0.316 e. The molecule has 0 aliphatic carbocycles. The van der Waals surface area contributed by atoms with E-state index in [2.05, 4.69) is 55.0 Å². The van der Waals surface area contributed by atoms with Crippen molar-refractivity contribution in [2.75, 3.05) is 13.1 Å². The Kier molecular flexibility index (Phi) is 7.37. The van der Waals surface area contributed by atoms with Gasteiger partial charge in [0.2, 0.25) is 0 Å². The van der Waals surface area contributed by atoms with E-state index in [9.17, 15) is 0 Å². The number of rotatable bonds is 8. The third kappa shape index (κ3) is 7.12. The van der Waals surface area contributed by atoms with Crippen LogP contribution < -0.4 is 5.32 Å². The monoisotopic (exact) mass is 365 g/mol. The van der Waals surface area contributed by atoms with Gasteiger partial charge in [-0.15, -0.1) is 11.3 Å². The second kappa shape index (κ2) is 8.02. The Bertz CT molecular complexity index is 368. The predicted octanol–water partition coefficient (Wildman–Crippen LogP) is 5.76. The molecular formula is C15H25BrClNS. The molecule has 110 valence electrons. The van der Waals surface area contributed by atoms with E-state index in [1.54, 1.807) is 11.3 Å². The fraction of sp³-hybridized carbons (Fsp3) is 0.733. The Labute approximate surface area is 135 Å². The van der Waals surface area contributed by atoms with Gasteiger partial charge >= 0.3 is 0 Å². The van der Waals surface area contributed by atoms with Gasteiger partial charge in [0.15, 0.2) is 0 Å². The molecule has 19 heavy (non-hydrogen) atoms. The minimum atomic E-state index is 0.382. The SMILES string of the molecule is CC(C)CNCCC(C)(C)CCc1cc(Cl)c(Br)s1. The number of thiophene rings is 1. The normalized spacial score (nSPS) is 12.4. The molecular weight excluding hydrogens is 342 g/mol. The first-order valence-corrected chi connectivity index (χ1v) is 8.93. The van der Waals surface area contributed by atoms with Crippen LogP contribution in [0, 0.1) is 11.3 Å². The summed E-state index contributed by atoms with van der Waals surface area (Å²) in [6, 6.07) is 2.09. The highest BCUT2D eigenvalue weighted by Crippen LogP contribution is 2.35. The lowest BCUT2D eigenvalue weighted by molar-refractivity contribution is 0.300. The standard InChI is InChI=1S/C15H25BrClNS/c1-11(2)10-18-8-7-15(3,4)6-5-12-9-13(17)14(16)19-12/h9,11,18H,5-8,10H2,1-4H3. The molecule has 1 nitrogen and oxygen atoms in total. The van der Waals surface area contributed by atoms with Crippen molar-refractivity contribution in [2.24, 2.45) is 11.3 Å². The topological polar surface area (TPSA) is 12.0 Å². The van der Waals surface area contributed by atoms with Crippen molar-refractivity contribution >= 4 is 38.9 Å². The second-order valence-electron chi connectivity index (χ2n) is 6.35. The quantitative estimate of drug-likeness (QED) is 0.577. The fourth-order valence-corrected chi connectivity index (χ4v) is 3.74. The van der Waals surface area contributed by atoms with Crippen molar-refractivity contribution in [1.82, 2.24) is 5.32 Å². The second-order valence-corrected chi connectivity index (χ2v) is 9.21. The van der Waals surface area contributed by atoms with Crippen molar-refractivity contribution in [2.45, 2.75) is 47.0 Å². The van der Waals surface area contributed by atoms with E-state index in [1.807, 2.05) is 0 Å². The Morgan fingerprint density at radius 3 is 2.58 bits per heavy atom. The number of aryl methyl sites for hydroxylation is 1. The molecule has 0 amide bonds. The molecule has 1 rings (SSSR count). The summed E-state index contributed by atoms with van der Waals surface area (Å²) in [5.41, 5.74) is 0.382. The first-order chi connectivity index (χ1) is 8.80. The zero-order valence-corrected chi connectivity index (χ0v) is 15.5. The summed E-state index contributed by atoms with van der Waals surface area (Å²) in [6.45, 7) is 11.4. The molecule has 1 heterocycles. The van der Waals surface area contributed by atoms with Gasteiger partial charge in [-0.2, -0.15) is 0 Å². The van der Waals surface area contributed by atoms with Gasteiger partial charge in [-0.05, 0) is 65.7 Å². The van der Waals surface area contributed by atoms with Gasteiger partial charge in [-0.3, -0.25) is 0 Å². The molecule has 0 radical (unpaired) electrons. The maximum atomic E-state index is 6.06. The summed E-state index contributed by atoms with van der Waals surface area (Å²) in [7, 11) is 0. The molecule has 1 aromatic rings. The van der Waals surface area contributed by atoms with Crippen molar-refractivity contribution in [3.8, 4) is 0 Å². The van der Waals surface area contributed by atoms with Crippen molar-refractivity contribution in [3.63, 3.8) is 0 Å². The average molecular weight is 367 g/mol. The largest absolute Gasteiger partial charge is 0.316 e. The maximum absolute atomic E-state index is 6.06. The molecule has 0 atom stereocenters. The molecule has 1 N–H and O–H groups in total. The van der Waals surface area contributed by atoms with Gasteiger partial charge in [0.05, 0.1) is 8.81 Å². The average Bonchev–Trinajstić information content (AvgIpc) is 2.62. The maximum Gasteiger partial charge on any atom is 0.0887 e. The highest BCUT2D eigenvalue weighted by molar-refractivity contribution is 9.11. The van der Waals surface area contributed by atoms with E-state index in [0.717, 1.165) is 34.2 Å². The van der Waals surface area contributed by atoms with Gasteiger partial charge in [0, 0.05) is 4.88 Å². The summed E-state index contributed by atoms with van der Waals surface area (Å²) in [6.07, 6.45) is 3.55. The Morgan fingerprint density at radius 2 is 2.05 bits per heavy atom. The van der Waals surface area contributed by atoms with Crippen LogP contribution in [0.1, 0.15) is 45.4 Å². The number of hydrogen-bond donors (Lipinski definition) is 1. The van der Waals surface area contributed by atoms with Crippen molar-refractivity contribution in [3.05, 3.63) is 19.8 Å². The molecule has 1 aromatic heterocycles. The van der Waals surface area contributed by atoms with E-state index in [4.69, 9.17) is 11.6 Å². The molecule has 0 fully saturated rings. The third-order valence-electron chi connectivity index (χ3n) is 3.28. The van der Waals surface area contributed by atoms with E-state index < -0.39 is 0 Å². The highest BCUT2D eigenvalue weighted by atomic mass is 79.9. The lowest BCUT2D eigenvalue weighted by atomic mass is 9.84. The van der Waals surface area contributed by atoms with E-state index >= 15 is 0 Å². The fourth-order valence-electron chi connectivity index (χ4n) is 1.92. The van der Waals surface area contributed by atoms with Crippen molar-refractivity contribution < 1.29 is 0 Å². The smallest absolute Gasteiger partial charge is 0.0887 e. The summed E-state index contributed by atoms with van der Waals surface area (Å²) < 4.78 is 1.06. The molecule has 0 aliphatic heterocycles. The van der Waals surface area contributed by atoms with Crippen LogP contribution in [-0.4, -0.2) is 13.1 Å². The zero-order valence-electron chi connectivity index (χ0n) is 12.4. The number of nitrogens with one attached hydrogen (secondary N) is 1. The Morgan fingerprint density at radius 1 is 1.37 bits per heavy atom. The van der Waals surface area contributed by atoms with Crippen LogP contribution in [0.25, 0.3) is 0 Å². The summed E-state index contributed by atoms with van der Waals surface area (Å²) in [5.74, 6) is 0.730. The van der Waals surface area contributed by atoms with Gasteiger partial charge in [-0.1, -0.05) is 39.3 Å². The molecule has 0 unspecified atom stereocenters. The van der Waals surface area contributed by atoms with Crippen LogP contribution in [0.5, 0.6) is 0 Å². The first kappa shape index (κ1) is 17.5. The van der Waals surface area contributed by atoms with E-state index in [-0.39, 0.29) is 0 Å². The first-order valence-electron chi connectivity index (χ1n) is 6.94. The zero-order chi connectivity index (χ0) is 14.5. The minimum absolute atomic E-state index is 0.382. The molecule has 0 saturated carbocycles. The predicted molar refractivity (Wildman–Crippen MR) is 91.5 cm³/mol. The van der Waals surface area contributed by atoms with Gasteiger partial charge in [-0.25, -0.2) is 0 Å². The van der Waals surface area contributed by atoms with Gasteiger partial charge in [0.1, 0.15) is 0 Å². The lowest BCUT2D eigenvalue weighted by Gasteiger charge is -2.24. The third-order valence-corrected chi connectivity index (χ3v) is 5.81. The van der Waals surface area contributed by atoms with Crippen LogP contribution >= 0.6 is 38.9 Å². The summed E-state index contributed by atoms with van der Waals surface area (Å²) in [5, 5.41) is 4.37. The van der Waals surface area contributed by atoms with Crippen LogP contribution in [0.3, 0.4) is 0 Å². The lowest BCUT2D eigenvalue weighted by Crippen LogP contribution is -2.25. The summed E-state index contributed by atoms with van der Waals surface area (Å²) >= 11 is 11.3. The number of halogens is 2. The van der Waals surface area contributed by atoms with E-state index in [0.29, 0.717) is 5.41 Å².